The van der Waals surface area contributed by atoms with Crippen molar-refractivity contribution in [1.29, 1.82) is 0 Å². The zero-order valence-corrected chi connectivity index (χ0v) is 27.4. The topological polar surface area (TPSA) is 168 Å². The molecule has 13 nitrogen and oxygen atoms in total. The van der Waals surface area contributed by atoms with Crippen molar-refractivity contribution in [3.05, 3.63) is 30.0 Å². The molecule has 0 spiro atoms. The number of aliphatic hydroxyl groups is 3. The zero-order valence-electron chi connectivity index (χ0n) is 25.2. The van der Waals surface area contributed by atoms with Crippen molar-refractivity contribution in [2.45, 2.75) is 19.4 Å². The molecule has 2 aromatic rings. The number of carbonyl (C=O) groups excluding carboxylic acids is 2. The molecule has 1 aliphatic rings. The number of phenolic OH excluding ortho intramolecular Hbond substituents is 1. The van der Waals surface area contributed by atoms with Gasteiger partial charge in [-0.2, -0.15) is 0 Å². The van der Waals surface area contributed by atoms with Gasteiger partial charge in [0, 0.05) is 95.6 Å². The molecule has 43 heavy (non-hydrogen) atoms. The van der Waals surface area contributed by atoms with Crippen LogP contribution in [-0.2, 0) is 16.0 Å². The van der Waals surface area contributed by atoms with Gasteiger partial charge in [-0.1, -0.05) is 0 Å². The Morgan fingerprint density at radius 1 is 0.860 bits per heavy atom. The number of aromatic amines is 1. The number of fused-ring (bicyclic) bond motifs is 1. The number of benzene rings is 1. The predicted octanol–water partition coefficient (Wildman–Crippen LogP) is -1.76. The maximum Gasteiger partial charge on any atom is 3.00 e. The van der Waals surface area contributed by atoms with E-state index in [1.165, 1.54) is 0 Å². The van der Waals surface area contributed by atoms with Crippen molar-refractivity contribution in [3.63, 3.8) is 0 Å². The molecule has 1 radical (unpaired) electrons. The number of aromatic nitrogens is 1. The summed E-state index contributed by atoms with van der Waals surface area (Å²) in [7, 11) is 0. The van der Waals surface area contributed by atoms with Gasteiger partial charge >= 0.3 is 39.9 Å². The molecule has 241 valence electrons. The molecule has 14 heteroatoms. The number of β-amino-alcohol motifs (C(OH)–C–C–N with tert-alkyl or cyclic N) is 3. The number of aliphatic hydroxyl groups excluding tert-OH is 3. The Bertz CT molecular complexity index is 1080. The SMILES string of the molecule is CC(C(=O)NCC(=O)NCCc1c[nH]c2ccc(O)cc12)N1CCN(CCO)CCN(CCO)CCN(CCO)CC1.[Gd+3]. The van der Waals surface area contributed by atoms with Crippen LogP contribution in [-0.4, -0.2) is 168 Å². The summed E-state index contributed by atoms with van der Waals surface area (Å²) in [5, 5.41) is 44.9. The fourth-order valence-electron chi connectivity index (χ4n) is 5.29. The average molecular weight is 749 g/mol. The Morgan fingerprint density at radius 3 is 1.93 bits per heavy atom. The average Bonchev–Trinajstić information content (AvgIpc) is 3.37. The summed E-state index contributed by atoms with van der Waals surface area (Å²) in [5.74, 6) is -0.322. The molecule has 1 unspecified atom stereocenters. The number of phenols is 1. The Labute approximate surface area is 286 Å². The van der Waals surface area contributed by atoms with Gasteiger partial charge in [0.15, 0.2) is 0 Å². The summed E-state index contributed by atoms with van der Waals surface area (Å²) in [5.41, 5.74) is 1.90. The summed E-state index contributed by atoms with van der Waals surface area (Å²) < 4.78 is 0. The molecule has 1 fully saturated rings. The second-order valence-electron chi connectivity index (χ2n) is 10.8. The Hall–Kier alpha value is -1.46. The minimum Gasteiger partial charge on any atom is -0.508 e. The first-order chi connectivity index (χ1) is 20.3. The van der Waals surface area contributed by atoms with E-state index in [1.807, 2.05) is 19.2 Å². The quantitative estimate of drug-likeness (QED) is 0.125. The van der Waals surface area contributed by atoms with Gasteiger partial charge < -0.3 is 36.0 Å². The summed E-state index contributed by atoms with van der Waals surface area (Å²) in [6.07, 6.45) is 2.45. The molecular formula is C29H49GdN7O6+3. The molecule has 0 saturated carbocycles. The number of carbonyl (C=O) groups is 2. The van der Waals surface area contributed by atoms with Crippen molar-refractivity contribution in [2.75, 3.05) is 105 Å². The zero-order chi connectivity index (χ0) is 30.3. The molecule has 1 aromatic heterocycles. The van der Waals surface area contributed by atoms with E-state index in [0.29, 0.717) is 58.8 Å². The van der Waals surface area contributed by atoms with Gasteiger partial charge in [0.25, 0.3) is 0 Å². The van der Waals surface area contributed by atoms with Gasteiger partial charge in [0.2, 0.25) is 11.8 Å². The van der Waals surface area contributed by atoms with E-state index in [0.717, 1.165) is 42.6 Å². The van der Waals surface area contributed by atoms with Crippen LogP contribution in [0, 0.1) is 39.9 Å². The van der Waals surface area contributed by atoms with Crippen LogP contribution in [0.2, 0.25) is 0 Å². The number of amides is 2. The molecule has 7 N–H and O–H groups in total. The van der Waals surface area contributed by atoms with E-state index >= 15 is 0 Å². The predicted molar refractivity (Wildman–Crippen MR) is 161 cm³/mol. The maximum absolute atomic E-state index is 13.1. The summed E-state index contributed by atoms with van der Waals surface area (Å²) in [4.78, 5) is 37.3. The molecular weight excluding hydrogens is 700 g/mol. The van der Waals surface area contributed by atoms with Crippen LogP contribution < -0.4 is 10.6 Å². The number of hydrogen-bond donors (Lipinski definition) is 7. The van der Waals surface area contributed by atoms with Crippen molar-refractivity contribution < 1.29 is 70.0 Å². The summed E-state index contributed by atoms with van der Waals surface area (Å²) in [6, 6.07) is 4.65. The fraction of sp³-hybridized carbons (Fsp3) is 0.655. The van der Waals surface area contributed by atoms with E-state index in [4.69, 9.17) is 0 Å². The molecule has 1 aromatic carbocycles. The summed E-state index contributed by atoms with van der Waals surface area (Å²) in [6.45, 7) is 9.39. The third-order valence-electron chi connectivity index (χ3n) is 7.94. The van der Waals surface area contributed by atoms with Crippen LogP contribution in [0.15, 0.2) is 24.4 Å². The molecule has 3 rings (SSSR count). The van der Waals surface area contributed by atoms with Gasteiger partial charge in [-0.15, -0.1) is 0 Å². The van der Waals surface area contributed by atoms with Gasteiger partial charge in [-0.05, 0) is 37.1 Å². The van der Waals surface area contributed by atoms with Crippen molar-refractivity contribution in [2.24, 2.45) is 0 Å². The van der Waals surface area contributed by atoms with E-state index in [-0.39, 0.29) is 83.9 Å². The smallest absolute Gasteiger partial charge is 0.508 e. The van der Waals surface area contributed by atoms with Crippen LogP contribution in [0.4, 0.5) is 0 Å². The molecule has 0 bridgehead atoms. The monoisotopic (exact) mass is 749 g/mol. The number of nitrogens with one attached hydrogen (secondary N) is 3. The van der Waals surface area contributed by atoms with Gasteiger partial charge in [0.1, 0.15) is 5.75 Å². The Morgan fingerprint density at radius 2 is 1.40 bits per heavy atom. The van der Waals surface area contributed by atoms with E-state index < -0.39 is 6.04 Å². The van der Waals surface area contributed by atoms with E-state index in [2.05, 4.69) is 35.2 Å². The molecule has 0 aliphatic carbocycles. The molecule has 2 amide bonds. The second-order valence-corrected chi connectivity index (χ2v) is 10.8. The van der Waals surface area contributed by atoms with Crippen molar-refractivity contribution >= 4 is 22.7 Å². The number of aromatic hydroxyl groups is 1. The van der Waals surface area contributed by atoms with Crippen molar-refractivity contribution in [3.8, 4) is 5.75 Å². The number of nitrogens with zero attached hydrogens (tertiary/aromatic N) is 4. The standard InChI is InChI=1S/C29H49N7O6.Gd/c1-23(29(42)32-22-28(41)30-5-4-24-21-31-27-3-2-25(40)20-26(24)27)36-12-10-34(15-18-38)8-6-33(14-17-37)7-9-35(11-13-36)16-19-39;/h2-3,20-21,23,31,37-40H,4-19,22H2,1H3,(H,30,41)(H,32,42);/q;+3. The van der Waals surface area contributed by atoms with Crippen LogP contribution in [0.25, 0.3) is 10.9 Å². The third-order valence-corrected chi connectivity index (χ3v) is 7.94. The van der Waals surface area contributed by atoms with Crippen molar-refractivity contribution in [1.82, 2.24) is 35.2 Å². The second kappa shape index (κ2) is 20.6. The minimum absolute atomic E-state index is 0. The normalized spacial score (nSPS) is 17.5. The first-order valence-corrected chi connectivity index (χ1v) is 14.9. The minimum atomic E-state index is -0.475. The maximum atomic E-state index is 13.1. The van der Waals surface area contributed by atoms with Gasteiger partial charge in [-0.3, -0.25) is 29.2 Å². The molecule has 1 saturated heterocycles. The van der Waals surface area contributed by atoms with Crippen LogP contribution in [0.3, 0.4) is 0 Å². The Kier molecular flexibility index (Phi) is 18.0. The first kappa shape index (κ1) is 37.7. The van der Waals surface area contributed by atoms with Crippen LogP contribution in [0.5, 0.6) is 5.75 Å². The van der Waals surface area contributed by atoms with Crippen LogP contribution >= 0.6 is 0 Å². The largest absolute Gasteiger partial charge is 3.00 e. The number of rotatable bonds is 13. The molecule has 1 atom stereocenters. The van der Waals surface area contributed by atoms with Gasteiger partial charge in [0.05, 0.1) is 32.4 Å². The first-order valence-electron chi connectivity index (χ1n) is 14.9. The summed E-state index contributed by atoms with van der Waals surface area (Å²) >= 11 is 0. The van der Waals surface area contributed by atoms with Crippen LogP contribution in [0.1, 0.15) is 12.5 Å². The fourth-order valence-corrected chi connectivity index (χ4v) is 5.29. The number of hydrogen-bond acceptors (Lipinski definition) is 10. The third kappa shape index (κ3) is 12.8. The molecule has 2 heterocycles. The van der Waals surface area contributed by atoms with Gasteiger partial charge in [-0.25, -0.2) is 0 Å². The van der Waals surface area contributed by atoms with E-state index in [9.17, 15) is 30.0 Å². The Balaban J connectivity index is 0.00000645. The van der Waals surface area contributed by atoms with E-state index in [1.54, 1.807) is 12.1 Å². The number of H-pyrrole nitrogens is 1. The molecule has 1 aliphatic heterocycles.